The number of hydrogen-bond donors (Lipinski definition) is 0. The Hall–Kier alpha value is -7.34. The standard InChI is InChI=1S/C52H34N2O2Si/c1-3-17-35(18-4-1)37-21-15-23-39(33-37)53-49-45-29-11-7-25-41(45)43-27-9-13-31-47(43)51(49)55-57(53)54(40-24-16-22-38(34-40)36-19-5-2-6-20-36)50-46-30-12-8-26-42(46)44-28-10-14-32-48(44)52(50)56-57/h1-34H. The summed E-state index contributed by atoms with van der Waals surface area (Å²) < 4.78 is 20.6. The van der Waals surface area contributed by atoms with E-state index in [1.165, 1.54) is 10.8 Å². The molecule has 0 aromatic heterocycles. The van der Waals surface area contributed by atoms with Gasteiger partial charge in [-0.05, 0) is 68.1 Å². The van der Waals surface area contributed by atoms with Crippen LogP contribution in [0.1, 0.15) is 0 Å². The van der Waals surface area contributed by atoms with Gasteiger partial charge in [-0.15, -0.1) is 0 Å². The van der Waals surface area contributed by atoms with Crippen molar-refractivity contribution in [2.75, 3.05) is 9.13 Å². The van der Waals surface area contributed by atoms with Gasteiger partial charge in [0.1, 0.15) is 11.5 Å². The molecule has 0 saturated carbocycles. The van der Waals surface area contributed by atoms with E-state index in [0.29, 0.717) is 0 Å². The zero-order chi connectivity index (χ0) is 37.5. The summed E-state index contributed by atoms with van der Waals surface area (Å²) in [5.41, 5.74) is 8.61. The van der Waals surface area contributed by atoms with Crippen molar-refractivity contribution in [3.05, 3.63) is 206 Å². The molecule has 1 spiro atoms. The molecule has 5 heteroatoms. The third-order valence-electron chi connectivity index (χ3n) is 11.6. The maximum absolute atomic E-state index is 7.85. The summed E-state index contributed by atoms with van der Waals surface area (Å²) >= 11 is 0. The molecule has 4 nitrogen and oxygen atoms in total. The number of anilines is 4. The highest BCUT2D eigenvalue weighted by Crippen LogP contribution is 2.61. The van der Waals surface area contributed by atoms with Crippen molar-refractivity contribution in [3.8, 4) is 33.8 Å². The summed E-state index contributed by atoms with van der Waals surface area (Å²) in [6.07, 6.45) is 0. The Bertz CT molecular complexity index is 3000. The Morgan fingerprint density at radius 1 is 0.281 bits per heavy atom. The van der Waals surface area contributed by atoms with Gasteiger partial charge in [0.25, 0.3) is 0 Å². The lowest BCUT2D eigenvalue weighted by Crippen LogP contribution is -2.67. The summed E-state index contributed by atoms with van der Waals surface area (Å²) in [6, 6.07) is 73.7. The van der Waals surface area contributed by atoms with E-state index in [1.807, 2.05) is 0 Å². The molecule has 0 unspecified atom stereocenters. The van der Waals surface area contributed by atoms with Crippen LogP contribution in [-0.4, -0.2) is 8.88 Å². The van der Waals surface area contributed by atoms with Crippen molar-refractivity contribution < 1.29 is 8.85 Å². The van der Waals surface area contributed by atoms with Gasteiger partial charge in [-0.3, -0.25) is 9.13 Å². The van der Waals surface area contributed by atoms with Crippen molar-refractivity contribution in [2.45, 2.75) is 0 Å². The second kappa shape index (κ2) is 12.3. The molecule has 0 bridgehead atoms. The number of rotatable bonds is 4. The summed E-state index contributed by atoms with van der Waals surface area (Å²) in [4.78, 5) is 0. The van der Waals surface area contributed by atoms with Gasteiger partial charge in [-0.1, -0.05) is 182 Å². The van der Waals surface area contributed by atoms with Crippen LogP contribution in [0, 0.1) is 0 Å². The average molecular weight is 747 g/mol. The van der Waals surface area contributed by atoms with Crippen LogP contribution in [0.3, 0.4) is 0 Å². The van der Waals surface area contributed by atoms with Gasteiger partial charge in [0.15, 0.2) is 0 Å². The lowest BCUT2D eigenvalue weighted by molar-refractivity contribution is 0.418. The fourth-order valence-corrected chi connectivity index (χ4v) is 12.7. The summed E-state index contributed by atoms with van der Waals surface area (Å²) in [7, 11) is -3.87. The number of nitrogens with zero attached hydrogens (tertiary/aromatic N) is 2. The Labute approximate surface area is 331 Å². The zero-order valence-electron chi connectivity index (χ0n) is 30.8. The van der Waals surface area contributed by atoms with Gasteiger partial charge in [-0.25, -0.2) is 0 Å². The highest BCUT2D eigenvalue weighted by Gasteiger charge is 2.69. The van der Waals surface area contributed by atoms with Gasteiger partial charge in [0, 0.05) is 32.9 Å². The second-order valence-electron chi connectivity index (χ2n) is 14.8. The minimum Gasteiger partial charge on any atom is -0.478 e. The predicted octanol–water partition coefficient (Wildman–Crippen LogP) is 13.8. The molecule has 0 N–H and O–H groups in total. The monoisotopic (exact) mass is 746 g/mol. The molecule has 10 aromatic rings. The lowest BCUT2D eigenvalue weighted by atomic mass is 9.98. The van der Waals surface area contributed by atoms with Crippen LogP contribution in [0.4, 0.5) is 22.7 Å². The molecule has 12 rings (SSSR count). The van der Waals surface area contributed by atoms with Crippen molar-refractivity contribution in [2.24, 2.45) is 0 Å². The maximum atomic E-state index is 7.85. The number of benzene rings is 10. The summed E-state index contributed by atoms with van der Waals surface area (Å²) in [5.74, 6) is 1.68. The van der Waals surface area contributed by atoms with E-state index in [-0.39, 0.29) is 0 Å². The first kappa shape index (κ1) is 32.0. The SMILES string of the molecule is c1ccc(-c2cccc(N3c4c(c5ccccc5c5ccccc45)O[Si]34Oc3c(c5ccccc5c5ccccc35)N4c3cccc(-c4ccccc4)c3)c2)cc1. The lowest BCUT2D eigenvalue weighted by Gasteiger charge is -2.36. The average Bonchev–Trinajstić information content (AvgIpc) is 3.82. The topological polar surface area (TPSA) is 24.9 Å². The highest BCUT2D eigenvalue weighted by molar-refractivity contribution is 6.83. The maximum Gasteiger partial charge on any atom is 0.734 e. The molecule has 0 atom stereocenters. The Morgan fingerprint density at radius 2 is 0.596 bits per heavy atom. The molecule has 0 amide bonds. The zero-order valence-corrected chi connectivity index (χ0v) is 31.8. The van der Waals surface area contributed by atoms with Gasteiger partial charge in [-0.2, -0.15) is 0 Å². The smallest absolute Gasteiger partial charge is 0.478 e. The van der Waals surface area contributed by atoms with Crippen LogP contribution in [0.2, 0.25) is 0 Å². The third kappa shape index (κ3) is 4.67. The van der Waals surface area contributed by atoms with E-state index in [4.69, 9.17) is 8.85 Å². The van der Waals surface area contributed by atoms with Crippen LogP contribution in [0.25, 0.3) is 65.3 Å². The van der Waals surface area contributed by atoms with Crippen LogP contribution in [-0.2, 0) is 0 Å². The summed E-state index contributed by atoms with van der Waals surface area (Å²) in [5, 5.41) is 9.02. The van der Waals surface area contributed by atoms with Crippen LogP contribution in [0.5, 0.6) is 11.5 Å². The van der Waals surface area contributed by atoms with E-state index in [9.17, 15) is 0 Å². The normalized spacial score (nSPS) is 14.0. The molecule has 57 heavy (non-hydrogen) atoms. The molecule has 2 aliphatic heterocycles. The fraction of sp³-hybridized carbons (Fsp3) is 0. The number of hydrogen-bond acceptors (Lipinski definition) is 4. The first-order valence-electron chi connectivity index (χ1n) is 19.4. The minimum absolute atomic E-state index is 0.840. The molecule has 0 saturated heterocycles. The summed E-state index contributed by atoms with van der Waals surface area (Å²) in [6.45, 7) is 0. The van der Waals surface area contributed by atoms with E-state index >= 15 is 0 Å². The first-order valence-corrected chi connectivity index (χ1v) is 21.1. The molecular formula is C52H34N2O2Si. The van der Waals surface area contributed by atoms with Gasteiger partial charge < -0.3 is 8.85 Å². The number of fused-ring (bicyclic) bond motifs is 12. The fourth-order valence-electron chi connectivity index (χ4n) is 9.18. The van der Waals surface area contributed by atoms with Crippen molar-refractivity contribution in [1.82, 2.24) is 0 Å². The van der Waals surface area contributed by atoms with Crippen molar-refractivity contribution in [3.63, 3.8) is 0 Å². The Kier molecular flexibility index (Phi) is 6.91. The molecule has 0 fully saturated rings. The molecule has 0 aliphatic carbocycles. The van der Waals surface area contributed by atoms with Crippen LogP contribution >= 0.6 is 0 Å². The van der Waals surface area contributed by atoms with E-state index in [0.717, 1.165) is 88.8 Å². The highest BCUT2D eigenvalue weighted by atomic mass is 28.4. The minimum atomic E-state index is -3.87. The van der Waals surface area contributed by atoms with Crippen LogP contribution in [0.15, 0.2) is 206 Å². The van der Waals surface area contributed by atoms with Crippen LogP contribution < -0.4 is 18.0 Å². The molecular weight excluding hydrogens is 713 g/mol. The quantitative estimate of drug-likeness (QED) is 0.132. The molecule has 10 aromatic carbocycles. The largest absolute Gasteiger partial charge is 0.734 e. The molecule has 268 valence electrons. The molecule has 2 heterocycles. The van der Waals surface area contributed by atoms with E-state index < -0.39 is 8.88 Å². The van der Waals surface area contributed by atoms with E-state index in [1.54, 1.807) is 0 Å². The van der Waals surface area contributed by atoms with E-state index in [2.05, 4.69) is 215 Å². The second-order valence-corrected chi connectivity index (χ2v) is 17.2. The Morgan fingerprint density at radius 3 is 1.00 bits per heavy atom. The molecule has 0 radical (unpaired) electrons. The van der Waals surface area contributed by atoms with Gasteiger partial charge in [0.2, 0.25) is 0 Å². The molecule has 2 aliphatic rings. The van der Waals surface area contributed by atoms with Gasteiger partial charge >= 0.3 is 8.88 Å². The third-order valence-corrected chi connectivity index (χ3v) is 14.7. The first-order chi connectivity index (χ1) is 28.3. The van der Waals surface area contributed by atoms with Gasteiger partial charge in [0.05, 0.1) is 11.4 Å². The predicted molar refractivity (Wildman–Crippen MR) is 238 cm³/mol. The Balaban J connectivity index is 1.23. The van der Waals surface area contributed by atoms with Crippen molar-refractivity contribution >= 4 is 74.7 Å². The van der Waals surface area contributed by atoms with Crippen molar-refractivity contribution in [1.29, 1.82) is 0 Å².